The minimum Gasteiger partial charge on any atom is -0.481 e. The molecule has 0 saturated carbocycles. The van der Waals surface area contributed by atoms with Crippen LogP contribution in [0.4, 0.5) is 10.5 Å². The molecule has 2 atom stereocenters. The summed E-state index contributed by atoms with van der Waals surface area (Å²) in [5.41, 5.74) is 0.626. The first-order valence-corrected chi connectivity index (χ1v) is 8.18. The van der Waals surface area contributed by atoms with Gasteiger partial charge in [-0.1, -0.05) is 18.2 Å². The van der Waals surface area contributed by atoms with Crippen LogP contribution in [0, 0.1) is 0 Å². The van der Waals surface area contributed by atoms with Crippen LogP contribution in [0.2, 0.25) is 0 Å². The van der Waals surface area contributed by atoms with Crippen LogP contribution in [0.15, 0.2) is 30.3 Å². The van der Waals surface area contributed by atoms with Gasteiger partial charge in [-0.2, -0.15) is 0 Å². The fraction of sp³-hybridized carbons (Fsp3) is 0.429. The molecule has 0 bridgehead atoms. The number of carbonyl (C=O) groups is 2. The van der Waals surface area contributed by atoms with Gasteiger partial charge in [0, 0.05) is 41.1 Å². The fourth-order valence-electron chi connectivity index (χ4n) is 1.61. The summed E-state index contributed by atoms with van der Waals surface area (Å²) in [6.07, 6.45) is 1.44. The van der Waals surface area contributed by atoms with E-state index < -0.39 is 16.8 Å². The zero-order valence-corrected chi connectivity index (χ0v) is 12.9. The molecule has 0 fully saturated rings. The highest BCUT2D eigenvalue weighted by Gasteiger charge is 2.17. The third-order valence-corrected chi connectivity index (χ3v) is 4.27. The number of amides is 2. The third-order valence-electron chi connectivity index (χ3n) is 2.97. The first-order valence-electron chi connectivity index (χ1n) is 6.56. The predicted molar refractivity (Wildman–Crippen MR) is 83.0 cm³/mol. The molecule has 2 unspecified atom stereocenters. The van der Waals surface area contributed by atoms with Gasteiger partial charge in [-0.3, -0.25) is 13.9 Å². The second kappa shape index (κ2) is 8.41. The van der Waals surface area contributed by atoms with E-state index in [1.54, 1.807) is 37.4 Å². The van der Waals surface area contributed by atoms with E-state index >= 15 is 0 Å². The summed E-state index contributed by atoms with van der Waals surface area (Å²) >= 11 is 0. The van der Waals surface area contributed by atoms with Gasteiger partial charge in [-0.15, -0.1) is 0 Å². The highest BCUT2D eigenvalue weighted by atomic mass is 32.2. The monoisotopic (exact) mass is 312 g/mol. The van der Waals surface area contributed by atoms with Gasteiger partial charge in [0.1, 0.15) is 0 Å². The number of carbonyl (C=O) groups excluding carboxylic acids is 1. The van der Waals surface area contributed by atoms with Gasteiger partial charge < -0.3 is 10.4 Å². The number of carboxylic acids is 1. The van der Waals surface area contributed by atoms with Crippen molar-refractivity contribution in [3.05, 3.63) is 30.3 Å². The largest absolute Gasteiger partial charge is 0.481 e. The fourth-order valence-corrected chi connectivity index (χ4v) is 1.93. The van der Waals surface area contributed by atoms with E-state index in [9.17, 15) is 13.8 Å². The molecular formula is C14H20N2O4S. The van der Waals surface area contributed by atoms with Crippen LogP contribution in [-0.4, -0.2) is 45.9 Å². The standard InChI is InChI=1S/C14H20N2O4S/c1-11(21(2)20)10-15-14(19)16(9-8-13(17)18)12-6-4-3-5-7-12/h3-7,11H,8-10H2,1-2H3,(H,15,19)(H,17,18). The van der Waals surface area contributed by atoms with Crippen molar-refractivity contribution in [1.82, 2.24) is 5.32 Å². The van der Waals surface area contributed by atoms with Crippen molar-refractivity contribution < 1.29 is 18.9 Å². The van der Waals surface area contributed by atoms with Gasteiger partial charge in [-0.05, 0) is 19.1 Å². The molecule has 6 nitrogen and oxygen atoms in total. The van der Waals surface area contributed by atoms with E-state index in [4.69, 9.17) is 5.11 Å². The number of nitrogens with one attached hydrogen (secondary N) is 1. The van der Waals surface area contributed by atoms with Crippen LogP contribution in [0.5, 0.6) is 0 Å². The summed E-state index contributed by atoms with van der Waals surface area (Å²) in [4.78, 5) is 24.3. The molecule has 0 aliphatic carbocycles. The first kappa shape index (κ1) is 17.2. The molecule has 0 aliphatic heterocycles. The Morgan fingerprint density at radius 3 is 2.48 bits per heavy atom. The number of hydrogen-bond donors (Lipinski definition) is 2. The lowest BCUT2D eigenvalue weighted by Gasteiger charge is -2.23. The predicted octanol–water partition coefficient (Wildman–Crippen LogP) is 1.44. The molecule has 0 saturated heterocycles. The Hall–Kier alpha value is -1.89. The van der Waals surface area contributed by atoms with Crippen LogP contribution in [0.3, 0.4) is 0 Å². The number of hydrogen-bond acceptors (Lipinski definition) is 3. The Morgan fingerprint density at radius 1 is 1.33 bits per heavy atom. The van der Waals surface area contributed by atoms with Crippen molar-refractivity contribution in [1.29, 1.82) is 0 Å². The van der Waals surface area contributed by atoms with Gasteiger partial charge >= 0.3 is 12.0 Å². The molecule has 0 aromatic heterocycles. The summed E-state index contributed by atoms with van der Waals surface area (Å²) < 4.78 is 11.3. The number of benzene rings is 1. The van der Waals surface area contributed by atoms with E-state index in [0.29, 0.717) is 5.69 Å². The molecular weight excluding hydrogens is 292 g/mol. The molecule has 0 spiro atoms. The Bertz CT molecular complexity index is 507. The molecule has 2 amide bonds. The van der Waals surface area contributed by atoms with Crippen LogP contribution < -0.4 is 10.2 Å². The third kappa shape index (κ3) is 5.95. The molecule has 1 aromatic rings. The van der Waals surface area contributed by atoms with E-state index in [2.05, 4.69) is 5.32 Å². The molecule has 7 heteroatoms. The molecule has 1 aromatic carbocycles. The normalized spacial score (nSPS) is 13.2. The van der Waals surface area contributed by atoms with Gasteiger partial charge in [-0.25, -0.2) is 4.79 Å². The Balaban J connectivity index is 2.74. The first-order chi connectivity index (χ1) is 9.91. The molecule has 116 valence electrons. The van der Waals surface area contributed by atoms with Gasteiger partial charge in [0.05, 0.1) is 6.42 Å². The number of urea groups is 1. The minimum absolute atomic E-state index is 0.0782. The van der Waals surface area contributed by atoms with E-state index in [-0.39, 0.29) is 30.8 Å². The van der Waals surface area contributed by atoms with Crippen LogP contribution >= 0.6 is 0 Å². The maximum atomic E-state index is 12.2. The SMILES string of the molecule is CC(CNC(=O)N(CCC(=O)O)c1ccccc1)S(C)=O. The van der Waals surface area contributed by atoms with Crippen LogP contribution in [0.25, 0.3) is 0 Å². The summed E-state index contributed by atoms with van der Waals surface area (Å²) in [6, 6.07) is 8.46. The van der Waals surface area contributed by atoms with Gasteiger partial charge in [0.2, 0.25) is 0 Å². The number of para-hydroxylation sites is 1. The Kier molecular flexibility index (Phi) is 6.87. The number of nitrogens with zero attached hydrogens (tertiary/aromatic N) is 1. The highest BCUT2D eigenvalue weighted by Crippen LogP contribution is 2.13. The van der Waals surface area contributed by atoms with Crippen molar-refractivity contribution in [3.63, 3.8) is 0 Å². The topological polar surface area (TPSA) is 86.7 Å². The molecule has 2 N–H and O–H groups in total. The molecule has 0 aliphatic rings. The van der Waals surface area contributed by atoms with Gasteiger partial charge in [0.25, 0.3) is 0 Å². The van der Waals surface area contributed by atoms with E-state index in [1.807, 2.05) is 6.07 Å². The summed E-state index contributed by atoms with van der Waals surface area (Å²) in [5, 5.41) is 11.3. The van der Waals surface area contributed by atoms with Crippen molar-refractivity contribution in [2.75, 3.05) is 24.2 Å². The molecule has 1 rings (SSSR count). The minimum atomic E-state index is -1.02. The average Bonchev–Trinajstić information content (AvgIpc) is 2.45. The van der Waals surface area contributed by atoms with Crippen molar-refractivity contribution >= 4 is 28.5 Å². The second-order valence-electron chi connectivity index (χ2n) is 4.63. The molecule has 21 heavy (non-hydrogen) atoms. The number of anilines is 1. The number of rotatable bonds is 7. The lowest BCUT2D eigenvalue weighted by atomic mass is 10.2. The zero-order chi connectivity index (χ0) is 15.8. The Morgan fingerprint density at radius 2 is 1.95 bits per heavy atom. The number of carboxylic acid groups (broad SMARTS) is 1. The second-order valence-corrected chi connectivity index (χ2v) is 6.43. The lowest BCUT2D eigenvalue weighted by molar-refractivity contribution is -0.136. The smallest absolute Gasteiger partial charge is 0.321 e. The average molecular weight is 312 g/mol. The molecule has 0 radical (unpaired) electrons. The maximum absolute atomic E-state index is 12.2. The summed E-state index contributed by atoms with van der Waals surface area (Å²) in [7, 11) is -1.02. The van der Waals surface area contributed by atoms with E-state index in [0.717, 1.165) is 0 Å². The zero-order valence-electron chi connectivity index (χ0n) is 12.1. The van der Waals surface area contributed by atoms with E-state index in [1.165, 1.54) is 4.90 Å². The maximum Gasteiger partial charge on any atom is 0.321 e. The Labute approximate surface area is 126 Å². The highest BCUT2D eigenvalue weighted by molar-refractivity contribution is 7.84. The van der Waals surface area contributed by atoms with Crippen molar-refractivity contribution in [3.8, 4) is 0 Å². The quantitative estimate of drug-likeness (QED) is 0.797. The number of aliphatic carboxylic acids is 1. The lowest BCUT2D eigenvalue weighted by Crippen LogP contribution is -2.44. The van der Waals surface area contributed by atoms with Crippen molar-refractivity contribution in [2.45, 2.75) is 18.6 Å². The van der Waals surface area contributed by atoms with Crippen molar-refractivity contribution in [2.24, 2.45) is 0 Å². The van der Waals surface area contributed by atoms with Crippen LogP contribution in [-0.2, 0) is 15.6 Å². The van der Waals surface area contributed by atoms with Gasteiger partial charge in [0.15, 0.2) is 0 Å². The molecule has 0 heterocycles. The van der Waals surface area contributed by atoms with Crippen LogP contribution in [0.1, 0.15) is 13.3 Å². The summed E-state index contributed by atoms with van der Waals surface area (Å²) in [5.74, 6) is -0.966. The summed E-state index contributed by atoms with van der Waals surface area (Å²) in [6.45, 7) is 2.13.